The minimum Gasteiger partial charge on any atom is -0.478 e. The number of rotatable bonds is 19. The topological polar surface area (TPSA) is 43.8 Å². The van der Waals surface area contributed by atoms with E-state index in [-0.39, 0.29) is 11.4 Å². The fraction of sp³-hybridized carbons (Fsp3) is 0.462. The zero-order valence-corrected chi connectivity index (χ0v) is 28.2. The van der Waals surface area contributed by atoms with Crippen LogP contribution in [0.2, 0.25) is 0 Å². The van der Waals surface area contributed by atoms with Gasteiger partial charge in [-0.25, -0.2) is 9.18 Å². The lowest BCUT2D eigenvalue weighted by molar-refractivity contribution is -0.132. The number of halogens is 1. The first-order chi connectivity index (χ1) is 21.2. The number of hydrogen-bond donors (Lipinski definition) is 1. The Hall–Kier alpha value is -3.44. The highest BCUT2D eigenvalue weighted by atomic mass is 19.1. The van der Waals surface area contributed by atoms with E-state index in [0.29, 0.717) is 11.5 Å². The molecule has 0 radical (unpaired) electrons. The summed E-state index contributed by atoms with van der Waals surface area (Å²) in [4.78, 5) is 17.1. The highest BCUT2D eigenvalue weighted by molar-refractivity contribution is 5.90. The van der Waals surface area contributed by atoms with Crippen LogP contribution in [0.25, 0.3) is 0 Å². The van der Waals surface area contributed by atoms with Crippen molar-refractivity contribution in [2.45, 2.75) is 85.6 Å². The van der Waals surface area contributed by atoms with E-state index in [1.165, 1.54) is 23.4 Å². The Morgan fingerprint density at radius 2 is 1.66 bits per heavy atom. The maximum absolute atomic E-state index is 13.7. The third kappa shape index (κ3) is 10.9. The molecule has 0 saturated heterocycles. The van der Waals surface area contributed by atoms with E-state index in [1.807, 2.05) is 38.1 Å². The van der Waals surface area contributed by atoms with Gasteiger partial charge in [-0.05, 0) is 94.3 Å². The van der Waals surface area contributed by atoms with Crippen LogP contribution in [0.15, 0.2) is 107 Å². The van der Waals surface area contributed by atoms with Crippen molar-refractivity contribution in [3.63, 3.8) is 0 Å². The van der Waals surface area contributed by atoms with Crippen LogP contribution in [0, 0.1) is 11.7 Å². The molecule has 2 unspecified atom stereocenters. The molecule has 1 saturated carbocycles. The van der Waals surface area contributed by atoms with E-state index in [0.717, 1.165) is 69.3 Å². The van der Waals surface area contributed by atoms with Crippen molar-refractivity contribution in [1.29, 1.82) is 0 Å². The lowest BCUT2D eigenvalue weighted by Gasteiger charge is -2.40. The van der Waals surface area contributed by atoms with Gasteiger partial charge in [0, 0.05) is 25.3 Å². The first-order valence-corrected chi connectivity index (χ1v) is 16.3. The van der Waals surface area contributed by atoms with Gasteiger partial charge in [0.1, 0.15) is 5.82 Å². The van der Waals surface area contributed by atoms with Crippen molar-refractivity contribution < 1.29 is 14.3 Å². The molecule has 5 heteroatoms. The molecule has 0 aromatic heterocycles. The summed E-state index contributed by atoms with van der Waals surface area (Å²) in [5.74, 6) is -0.806. The van der Waals surface area contributed by atoms with Crippen LogP contribution in [0.1, 0.15) is 79.2 Å². The third-order valence-corrected chi connectivity index (χ3v) is 8.22. The Kier molecular flexibility index (Phi) is 15.9. The Morgan fingerprint density at radius 1 is 1.00 bits per heavy atom. The maximum Gasteiger partial charge on any atom is 0.335 e. The molecular weight excluding hydrogens is 547 g/mol. The Balaban J connectivity index is 2.56. The quantitative estimate of drug-likeness (QED) is 0.127. The predicted octanol–water partition coefficient (Wildman–Crippen LogP) is 9.46. The first kappa shape index (κ1) is 36.8. The van der Waals surface area contributed by atoms with E-state index in [4.69, 9.17) is 0 Å². The third-order valence-electron chi connectivity index (χ3n) is 8.22. The molecule has 1 fully saturated rings. The van der Waals surface area contributed by atoms with Crippen LogP contribution >= 0.6 is 0 Å². The van der Waals surface area contributed by atoms with E-state index < -0.39 is 5.97 Å². The number of carboxylic acid groups (broad SMARTS) is 1. The van der Waals surface area contributed by atoms with Crippen LogP contribution in [-0.4, -0.2) is 53.1 Å². The molecule has 1 N–H and O–H groups in total. The van der Waals surface area contributed by atoms with Gasteiger partial charge in [0.2, 0.25) is 0 Å². The van der Waals surface area contributed by atoms with E-state index in [9.17, 15) is 14.3 Å². The van der Waals surface area contributed by atoms with Crippen LogP contribution in [0.5, 0.6) is 0 Å². The van der Waals surface area contributed by atoms with E-state index >= 15 is 0 Å². The summed E-state index contributed by atoms with van der Waals surface area (Å²) in [6.07, 6.45) is 26.2. The molecule has 0 amide bonds. The number of carboxylic acids is 1. The molecule has 0 heterocycles. The van der Waals surface area contributed by atoms with Crippen LogP contribution in [0.4, 0.5) is 4.39 Å². The minimum absolute atomic E-state index is 0.232. The van der Waals surface area contributed by atoms with Gasteiger partial charge in [0.15, 0.2) is 0 Å². The number of carbonyl (C=O) groups is 1. The number of hydrogen-bond acceptors (Lipinski definition) is 3. The Morgan fingerprint density at radius 3 is 2.20 bits per heavy atom. The number of aliphatic carboxylic acids is 1. The molecule has 2 rings (SSSR count). The van der Waals surface area contributed by atoms with Gasteiger partial charge < -0.3 is 10.0 Å². The average molecular weight is 603 g/mol. The molecule has 1 aliphatic carbocycles. The Labute approximate surface area is 266 Å². The van der Waals surface area contributed by atoms with Crippen molar-refractivity contribution >= 4 is 5.97 Å². The standard InChI is InChI=1S/C39H55FN2O2/c1-8-13-16-19-33(18-14-9-2)29-41(7)30-37(12-5)42(26-25-32-21-23-36(40)24-22-32)39(28-31(39)6)35(20-15-10-3)27-34(17-11-4)38(43)44/h8,11-13,16-24,27,31H,9-10,14-15,25-26,28-30H2,1-7H3,(H,43,44)/b13-8-,17-11-,19-16-,33-18+,34-27+,35-20-,37-12-. The second-order valence-electron chi connectivity index (χ2n) is 11.8. The monoisotopic (exact) mass is 602 g/mol. The molecule has 0 spiro atoms. The van der Waals surface area contributed by atoms with Gasteiger partial charge in [0.25, 0.3) is 0 Å². The zero-order chi connectivity index (χ0) is 32.5. The second-order valence-corrected chi connectivity index (χ2v) is 11.8. The van der Waals surface area contributed by atoms with Gasteiger partial charge in [0.05, 0.1) is 11.1 Å². The SMILES string of the molecule is C\C=C/C=C\C(=C/CCC)CN(C)C/C(=C/C)N(CCc1ccc(F)cc1)C1(C(=C\CCC)/C=C(\C=C/C)C(=O)O)CC1C. The van der Waals surface area contributed by atoms with Gasteiger partial charge in [-0.1, -0.05) is 100 Å². The highest BCUT2D eigenvalue weighted by Gasteiger charge is 2.57. The smallest absolute Gasteiger partial charge is 0.335 e. The minimum atomic E-state index is -0.921. The largest absolute Gasteiger partial charge is 0.478 e. The number of likely N-dealkylation sites (N-methyl/N-ethyl adjacent to an activating group) is 1. The van der Waals surface area contributed by atoms with Gasteiger partial charge in [-0.15, -0.1) is 0 Å². The van der Waals surface area contributed by atoms with Crippen LogP contribution in [0.3, 0.4) is 0 Å². The van der Waals surface area contributed by atoms with Gasteiger partial charge in [-0.3, -0.25) is 4.90 Å². The van der Waals surface area contributed by atoms with Crippen LogP contribution < -0.4 is 0 Å². The molecule has 44 heavy (non-hydrogen) atoms. The predicted molar refractivity (Wildman–Crippen MR) is 185 cm³/mol. The first-order valence-electron chi connectivity index (χ1n) is 16.3. The van der Waals surface area contributed by atoms with Gasteiger partial charge >= 0.3 is 5.97 Å². The number of nitrogens with zero attached hydrogens (tertiary/aromatic N) is 2. The lowest BCUT2D eigenvalue weighted by Crippen LogP contribution is -2.44. The summed E-state index contributed by atoms with van der Waals surface area (Å²) in [7, 11) is 2.16. The summed E-state index contributed by atoms with van der Waals surface area (Å²) in [5, 5.41) is 10.0. The number of unbranched alkanes of at least 4 members (excludes halogenated alkanes) is 2. The molecule has 240 valence electrons. The summed E-state index contributed by atoms with van der Waals surface area (Å²) >= 11 is 0. The summed E-state index contributed by atoms with van der Waals surface area (Å²) in [5.41, 5.74) is 4.64. The fourth-order valence-corrected chi connectivity index (χ4v) is 5.80. The zero-order valence-electron chi connectivity index (χ0n) is 28.2. The molecule has 2 atom stereocenters. The second kappa shape index (κ2) is 19.1. The Bertz CT molecular complexity index is 1270. The van der Waals surface area contributed by atoms with Gasteiger partial charge in [-0.2, -0.15) is 0 Å². The van der Waals surface area contributed by atoms with Crippen molar-refractivity contribution in [2.75, 3.05) is 26.7 Å². The molecule has 1 aromatic carbocycles. The molecule has 0 aliphatic heterocycles. The molecule has 0 bridgehead atoms. The van der Waals surface area contributed by atoms with Crippen molar-refractivity contribution in [3.05, 3.63) is 119 Å². The maximum atomic E-state index is 13.7. The normalized spacial score (nSPS) is 20.1. The molecule has 1 aliphatic rings. The molecule has 4 nitrogen and oxygen atoms in total. The summed E-state index contributed by atoms with van der Waals surface area (Å²) in [6.45, 7) is 14.9. The fourth-order valence-electron chi connectivity index (χ4n) is 5.80. The number of allylic oxidation sites excluding steroid dienone is 7. The van der Waals surface area contributed by atoms with Crippen molar-refractivity contribution in [1.82, 2.24) is 9.80 Å². The van der Waals surface area contributed by atoms with E-state index in [1.54, 1.807) is 12.2 Å². The van der Waals surface area contributed by atoms with Crippen molar-refractivity contribution in [2.24, 2.45) is 5.92 Å². The van der Waals surface area contributed by atoms with Crippen LogP contribution in [-0.2, 0) is 11.2 Å². The summed E-state index contributed by atoms with van der Waals surface area (Å²) in [6, 6.07) is 6.78. The lowest BCUT2D eigenvalue weighted by atomic mass is 9.94. The number of benzene rings is 1. The molecular formula is C39H55FN2O2. The summed E-state index contributed by atoms with van der Waals surface area (Å²) < 4.78 is 13.7. The molecule has 1 aromatic rings. The van der Waals surface area contributed by atoms with Crippen molar-refractivity contribution in [3.8, 4) is 0 Å². The van der Waals surface area contributed by atoms with E-state index in [2.05, 4.69) is 81.0 Å². The average Bonchev–Trinajstić information content (AvgIpc) is 3.68. The highest BCUT2D eigenvalue weighted by Crippen LogP contribution is 2.55.